The van der Waals surface area contributed by atoms with Crippen molar-refractivity contribution in [2.75, 3.05) is 10.6 Å². The van der Waals surface area contributed by atoms with Crippen molar-refractivity contribution in [3.63, 3.8) is 0 Å². The molecule has 3 aromatic rings. The van der Waals surface area contributed by atoms with E-state index in [-0.39, 0.29) is 0 Å². The van der Waals surface area contributed by atoms with Crippen molar-refractivity contribution >= 4 is 29.1 Å². The zero-order chi connectivity index (χ0) is 16.8. The molecule has 1 aromatic heterocycles. The van der Waals surface area contributed by atoms with Crippen LogP contribution in [0, 0.1) is 0 Å². The highest BCUT2D eigenvalue weighted by molar-refractivity contribution is 6.31. The number of hydrogen-bond acceptors (Lipinski definition) is 4. The van der Waals surface area contributed by atoms with Gasteiger partial charge in [-0.1, -0.05) is 54.9 Å². The van der Waals surface area contributed by atoms with Gasteiger partial charge < -0.3 is 10.6 Å². The summed E-state index contributed by atoms with van der Waals surface area (Å²) in [6.07, 6.45) is 2.69. The second-order valence-electron chi connectivity index (χ2n) is 5.35. The molecule has 0 unspecified atom stereocenters. The molecule has 3 rings (SSSR count). The van der Waals surface area contributed by atoms with Crippen LogP contribution in [0.3, 0.4) is 0 Å². The van der Waals surface area contributed by atoms with Gasteiger partial charge in [0.1, 0.15) is 5.82 Å². The number of halogens is 1. The maximum atomic E-state index is 6.18. The lowest BCUT2D eigenvalue weighted by atomic mass is 10.1. The first-order valence-electron chi connectivity index (χ1n) is 7.91. The summed E-state index contributed by atoms with van der Waals surface area (Å²) in [6, 6.07) is 17.8. The smallest absolute Gasteiger partial charge is 0.229 e. The van der Waals surface area contributed by atoms with Gasteiger partial charge in [0.15, 0.2) is 0 Å². The van der Waals surface area contributed by atoms with Crippen LogP contribution in [-0.2, 0) is 13.0 Å². The highest BCUT2D eigenvalue weighted by Crippen LogP contribution is 2.20. The number of rotatable bonds is 6. The molecule has 4 nitrogen and oxygen atoms in total. The molecule has 24 heavy (non-hydrogen) atoms. The average Bonchev–Trinajstić information content (AvgIpc) is 2.62. The lowest BCUT2D eigenvalue weighted by Gasteiger charge is -2.11. The summed E-state index contributed by atoms with van der Waals surface area (Å²) in [7, 11) is 0. The van der Waals surface area contributed by atoms with Crippen LogP contribution in [0.25, 0.3) is 0 Å². The first-order chi connectivity index (χ1) is 11.8. The largest absolute Gasteiger partial charge is 0.366 e. The van der Waals surface area contributed by atoms with Crippen molar-refractivity contribution < 1.29 is 0 Å². The first-order valence-corrected chi connectivity index (χ1v) is 8.29. The van der Waals surface area contributed by atoms with Crippen LogP contribution in [0.5, 0.6) is 0 Å². The van der Waals surface area contributed by atoms with Crippen LogP contribution in [0.15, 0.2) is 60.8 Å². The average molecular weight is 339 g/mol. The van der Waals surface area contributed by atoms with Crippen LogP contribution >= 0.6 is 11.6 Å². The number of benzene rings is 2. The molecule has 0 radical (unpaired) electrons. The van der Waals surface area contributed by atoms with Crippen molar-refractivity contribution in [3.8, 4) is 0 Å². The second-order valence-corrected chi connectivity index (χ2v) is 5.75. The molecule has 1 heterocycles. The summed E-state index contributed by atoms with van der Waals surface area (Å²) in [5, 5.41) is 7.31. The van der Waals surface area contributed by atoms with Crippen molar-refractivity contribution in [3.05, 3.63) is 76.9 Å². The Morgan fingerprint density at radius 3 is 2.50 bits per heavy atom. The quantitative estimate of drug-likeness (QED) is 0.660. The van der Waals surface area contributed by atoms with E-state index < -0.39 is 0 Å². The molecule has 0 saturated carbocycles. The topological polar surface area (TPSA) is 49.8 Å². The molecule has 5 heteroatoms. The number of aromatic nitrogens is 2. The first kappa shape index (κ1) is 16.3. The molecule has 2 aromatic carbocycles. The molecular weight excluding hydrogens is 320 g/mol. The maximum absolute atomic E-state index is 6.18. The minimum Gasteiger partial charge on any atom is -0.366 e. The van der Waals surface area contributed by atoms with E-state index in [0.717, 1.165) is 28.5 Å². The van der Waals surface area contributed by atoms with Crippen LogP contribution in [0.1, 0.15) is 18.1 Å². The van der Waals surface area contributed by atoms with E-state index in [1.165, 1.54) is 5.56 Å². The third-order valence-corrected chi connectivity index (χ3v) is 4.09. The van der Waals surface area contributed by atoms with Crippen LogP contribution in [0.2, 0.25) is 5.02 Å². The van der Waals surface area contributed by atoms with E-state index in [0.29, 0.717) is 12.5 Å². The fourth-order valence-corrected chi connectivity index (χ4v) is 2.62. The molecule has 0 atom stereocenters. The Balaban J connectivity index is 1.71. The fraction of sp³-hybridized carbons (Fsp3) is 0.158. The van der Waals surface area contributed by atoms with Crippen molar-refractivity contribution in [1.29, 1.82) is 0 Å². The normalized spacial score (nSPS) is 10.4. The van der Waals surface area contributed by atoms with Crippen LogP contribution < -0.4 is 10.6 Å². The van der Waals surface area contributed by atoms with Gasteiger partial charge in [-0.15, -0.1) is 0 Å². The molecule has 0 aliphatic heterocycles. The summed E-state index contributed by atoms with van der Waals surface area (Å²) in [6.45, 7) is 2.74. The Kier molecular flexibility index (Phi) is 5.29. The van der Waals surface area contributed by atoms with E-state index in [2.05, 4.69) is 33.6 Å². The highest BCUT2D eigenvalue weighted by Gasteiger charge is 2.04. The van der Waals surface area contributed by atoms with Gasteiger partial charge in [-0.25, -0.2) is 4.98 Å². The highest BCUT2D eigenvalue weighted by atomic mass is 35.5. The van der Waals surface area contributed by atoms with Gasteiger partial charge in [0, 0.05) is 23.5 Å². The second kappa shape index (κ2) is 7.79. The SMILES string of the molecule is CCc1ccccc1Nc1nccc(NCc2ccccc2Cl)n1. The molecule has 0 aliphatic carbocycles. The fourth-order valence-electron chi connectivity index (χ4n) is 2.42. The van der Waals surface area contributed by atoms with E-state index in [9.17, 15) is 0 Å². The maximum Gasteiger partial charge on any atom is 0.229 e. The van der Waals surface area contributed by atoms with Gasteiger partial charge in [-0.05, 0) is 35.7 Å². The zero-order valence-corrected chi connectivity index (χ0v) is 14.2. The number of nitrogens with one attached hydrogen (secondary N) is 2. The van der Waals surface area contributed by atoms with Crippen molar-refractivity contribution in [2.45, 2.75) is 19.9 Å². The number of nitrogens with zero attached hydrogens (tertiary/aromatic N) is 2. The van der Waals surface area contributed by atoms with Gasteiger partial charge in [-0.2, -0.15) is 4.98 Å². The standard InChI is InChI=1S/C19H19ClN4/c1-2-14-7-4-6-10-17(14)23-19-21-12-11-18(24-19)22-13-15-8-3-5-9-16(15)20/h3-12H,2,13H2,1H3,(H2,21,22,23,24). The van der Waals surface area contributed by atoms with Crippen LogP contribution in [-0.4, -0.2) is 9.97 Å². The monoisotopic (exact) mass is 338 g/mol. The van der Waals surface area contributed by atoms with E-state index >= 15 is 0 Å². The molecular formula is C19H19ClN4. The van der Waals surface area contributed by atoms with Gasteiger partial charge >= 0.3 is 0 Å². The lowest BCUT2D eigenvalue weighted by molar-refractivity contribution is 1.08. The third kappa shape index (κ3) is 4.03. The van der Waals surface area contributed by atoms with E-state index in [1.807, 2.05) is 48.5 Å². The number of para-hydroxylation sites is 1. The number of anilines is 3. The predicted octanol–water partition coefficient (Wildman–Crippen LogP) is 5.05. The van der Waals surface area contributed by atoms with Crippen molar-refractivity contribution in [2.24, 2.45) is 0 Å². The minimum atomic E-state index is 0.569. The molecule has 0 spiro atoms. The van der Waals surface area contributed by atoms with Gasteiger partial charge in [-0.3, -0.25) is 0 Å². The van der Waals surface area contributed by atoms with E-state index in [1.54, 1.807) is 6.20 Å². The summed E-state index contributed by atoms with van der Waals surface area (Å²) >= 11 is 6.18. The summed E-state index contributed by atoms with van der Waals surface area (Å²) in [4.78, 5) is 8.81. The molecule has 2 N–H and O–H groups in total. The molecule has 0 amide bonds. The Labute approximate surface area is 146 Å². The van der Waals surface area contributed by atoms with E-state index in [4.69, 9.17) is 11.6 Å². The molecule has 0 bridgehead atoms. The summed E-state index contributed by atoms with van der Waals surface area (Å²) < 4.78 is 0. The Bertz CT molecular complexity index is 820. The molecule has 122 valence electrons. The Morgan fingerprint density at radius 2 is 1.71 bits per heavy atom. The van der Waals surface area contributed by atoms with Gasteiger partial charge in [0.05, 0.1) is 0 Å². The lowest BCUT2D eigenvalue weighted by Crippen LogP contribution is -2.05. The van der Waals surface area contributed by atoms with Gasteiger partial charge in [0.2, 0.25) is 5.95 Å². The van der Waals surface area contributed by atoms with Gasteiger partial charge in [0.25, 0.3) is 0 Å². The molecule has 0 fully saturated rings. The van der Waals surface area contributed by atoms with Crippen LogP contribution in [0.4, 0.5) is 17.5 Å². The predicted molar refractivity (Wildman–Crippen MR) is 99.9 cm³/mol. The summed E-state index contributed by atoms with van der Waals surface area (Å²) in [5.41, 5.74) is 3.29. The Morgan fingerprint density at radius 1 is 0.958 bits per heavy atom. The Hall–Kier alpha value is -2.59. The summed E-state index contributed by atoms with van der Waals surface area (Å²) in [5.74, 6) is 1.32. The zero-order valence-electron chi connectivity index (χ0n) is 13.5. The number of aryl methyl sites for hydroxylation is 1. The van der Waals surface area contributed by atoms with Crippen molar-refractivity contribution in [1.82, 2.24) is 9.97 Å². The molecule has 0 saturated heterocycles. The minimum absolute atomic E-state index is 0.569. The molecule has 0 aliphatic rings. The number of hydrogen-bond donors (Lipinski definition) is 2. The third-order valence-electron chi connectivity index (χ3n) is 3.72.